The van der Waals surface area contributed by atoms with E-state index in [9.17, 15) is 0 Å². The minimum Gasteiger partial charge on any atom is -0.330 e. The highest BCUT2D eigenvalue weighted by Gasteiger charge is 1.96. The van der Waals surface area contributed by atoms with Crippen LogP contribution in [0.2, 0.25) is 0 Å². The molecule has 0 spiro atoms. The lowest BCUT2D eigenvalue weighted by Gasteiger charge is -1.93. The Labute approximate surface area is 75.2 Å². The second-order valence-electron chi connectivity index (χ2n) is 2.19. The highest BCUT2D eigenvalue weighted by molar-refractivity contribution is 7.98. The Hall–Kier alpha value is -0.0600. The van der Waals surface area contributed by atoms with E-state index in [1.54, 1.807) is 11.3 Å². The Morgan fingerprint density at radius 3 is 3.09 bits per heavy atom. The van der Waals surface area contributed by atoms with Crippen LogP contribution < -0.4 is 5.73 Å². The first kappa shape index (κ1) is 9.03. The maximum Gasteiger partial charge on any atom is 0.0897 e. The van der Waals surface area contributed by atoms with Crippen LogP contribution in [0, 0.1) is 6.92 Å². The van der Waals surface area contributed by atoms with Crippen LogP contribution in [-0.4, -0.2) is 17.3 Å². The van der Waals surface area contributed by atoms with E-state index >= 15 is 0 Å². The van der Waals surface area contributed by atoms with Crippen LogP contribution in [0.5, 0.6) is 0 Å². The highest BCUT2D eigenvalue weighted by atomic mass is 32.2. The standard InChI is InChI=1S/C7H12N2S2/c1-6-9-4-7(11-6)5-10-3-2-8/h4H,2-3,5,8H2,1H3. The van der Waals surface area contributed by atoms with E-state index in [0.29, 0.717) is 0 Å². The van der Waals surface area contributed by atoms with Crippen molar-refractivity contribution in [2.24, 2.45) is 5.73 Å². The van der Waals surface area contributed by atoms with Gasteiger partial charge in [-0.15, -0.1) is 11.3 Å². The fraction of sp³-hybridized carbons (Fsp3) is 0.571. The van der Waals surface area contributed by atoms with Gasteiger partial charge < -0.3 is 5.73 Å². The van der Waals surface area contributed by atoms with Crippen LogP contribution in [0.15, 0.2) is 6.20 Å². The maximum absolute atomic E-state index is 5.36. The molecule has 0 aromatic carbocycles. The molecule has 62 valence electrons. The van der Waals surface area contributed by atoms with Crippen molar-refractivity contribution in [2.45, 2.75) is 12.7 Å². The topological polar surface area (TPSA) is 38.9 Å². The van der Waals surface area contributed by atoms with Gasteiger partial charge in [-0.05, 0) is 6.92 Å². The van der Waals surface area contributed by atoms with Gasteiger partial charge in [0.05, 0.1) is 5.01 Å². The van der Waals surface area contributed by atoms with Gasteiger partial charge in [-0.25, -0.2) is 4.98 Å². The van der Waals surface area contributed by atoms with Gasteiger partial charge >= 0.3 is 0 Å². The van der Waals surface area contributed by atoms with E-state index in [-0.39, 0.29) is 0 Å². The van der Waals surface area contributed by atoms with E-state index in [1.807, 2.05) is 24.9 Å². The molecule has 1 heterocycles. The number of aryl methyl sites for hydroxylation is 1. The third-order valence-corrected chi connectivity index (χ3v) is 3.31. The quantitative estimate of drug-likeness (QED) is 0.730. The van der Waals surface area contributed by atoms with E-state index in [4.69, 9.17) is 5.73 Å². The van der Waals surface area contributed by atoms with Gasteiger partial charge in [-0.2, -0.15) is 11.8 Å². The Kier molecular flexibility index (Phi) is 3.90. The Morgan fingerprint density at radius 2 is 2.55 bits per heavy atom. The third-order valence-electron chi connectivity index (χ3n) is 1.18. The number of thiazole rings is 1. The molecule has 2 N–H and O–H groups in total. The van der Waals surface area contributed by atoms with Crippen LogP contribution >= 0.6 is 23.1 Å². The monoisotopic (exact) mass is 188 g/mol. The van der Waals surface area contributed by atoms with Crippen molar-refractivity contribution in [3.63, 3.8) is 0 Å². The molecule has 1 rings (SSSR count). The van der Waals surface area contributed by atoms with Crippen LogP contribution in [0.1, 0.15) is 9.88 Å². The summed E-state index contributed by atoms with van der Waals surface area (Å²) >= 11 is 3.63. The molecule has 1 aromatic rings. The van der Waals surface area contributed by atoms with Crippen molar-refractivity contribution in [2.75, 3.05) is 12.3 Å². The molecule has 0 amide bonds. The number of nitrogens with two attached hydrogens (primary N) is 1. The zero-order valence-electron chi connectivity index (χ0n) is 6.54. The molecule has 0 aliphatic carbocycles. The van der Waals surface area contributed by atoms with Crippen molar-refractivity contribution >= 4 is 23.1 Å². The van der Waals surface area contributed by atoms with E-state index in [1.165, 1.54) is 4.88 Å². The summed E-state index contributed by atoms with van der Waals surface area (Å²) < 4.78 is 0. The third kappa shape index (κ3) is 3.22. The Morgan fingerprint density at radius 1 is 1.73 bits per heavy atom. The second-order valence-corrected chi connectivity index (χ2v) is 4.61. The molecule has 0 saturated heterocycles. The predicted octanol–water partition coefficient (Wildman–Crippen LogP) is 1.64. The molecule has 4 heteroatoms. The number of thioether (sulfide) groups is 1. The highest BCUT2D eigenvalue weighted by Crippen LogP contribution is 2.17. The van der Waals surface area contributed by atoms with Crippen LogP contribution in [0.3, 0.4) is 0 Å². The molecule has 0 unspecified atom stereocenters. The molecular weight excluding hydrogens is 176 g/mol. The summed E-state index contributed by atoms with van der Waals surface area (Å²) in [6.07, 6.45) is 1.95. The molecule has 11 heavy (non-hydrogen) atoms. The van der Waals surface area contributed by atoms with Crippen molar-refractivity contribution in [3.05, 3.63) is 16.1 Å². The summed E-state index contributed by atoms with van der Waals surface area (Å²) in [6, 6.07) is 0. The molecule has 0 aliphatic rings. The summed E-state index contributed by atoms with van der Waals surface area (Å²) in [4.78, 5) is 5.52. The molecule has 0 saturated carbocycles. The van der Waals surface area contributed by atoms with E-state index in [0.717, 1.165) is 23.1 Å². The first-order valence-electron chi connectivity index (χ1n) is 3.52. The van der Waals surface area contributed by atoms with E-state index in [2.05, 4.69) is 4.98 Å². The van der Waals surface area contributed by atoms with Crippen LogP contribution in [0.4, 0.5) is 0 Å². The van der Waals surface area contributed by atoms with Crippen molar-refractivity contribution in [3.8, 4) is 0 Å². The maximum atomic E-state index is 5.36. The summed E-state index contributed by atoms with van der Waals surface area (Å²) in [5.74, 6) is 2.10. The lowest BCUT2D eigenvalue weighted by atomic mass is 10.6. The zero-order valence-corrected chi connectivity index (χ0v) is 8.17. The van der Waals surface area contributed by atoms with Crippen molar-refractivity contribution < 1.29 is 0 Å². The minimum absolute atomic E-state index is 0.766. The van der Waals surface area contributed by atoms with Gasteiger partial charge in [-0.1, -0.05) is 0 Å². The summed E-state index contributed by atoms with van der Waals surface area (Å²) in [7, 11) is 0. The van der Waals surface area contributed by atoms with Gasteiger partial charge in [0.15, 0.2) is 0 Å². The predicted molar refractivity (Wildman–Crippen MR) is 52.1 cm³/mol. The molecule has 0 aliphatic heterocycles. The first-order chi connectivity index (χ1) is 5.33. The van der Waals surface area contributed by atoms with Gasteiger partial charge in [0, 0.05) is 29.1 Å². The molecule has 0 fully saturated rings. The Bertz CT molecular complexity index is 210. The normalized spacial score (nSPS) is 10.4. The molecule has 0 atom stereocenters. The smallest absolute Gasteiger partial charge is 0.0897 e. The van der Waals surface area contributed by atoms with Gasteiger partial charge in [0.1, 0.15) is 0 Å². The summed E-state index contributed by atoms with van der Waals surface area (Å²) in [5.41, 5.74) is 5.36. The second kappa shape index (κ2) is 4.74. The van der Waals surface area contributed by atoms with Gasteiger partial charge in [-0.3, -0.25) is 0 Å². The number of rotatable bonds is 4. The molecule has 1 aromatic heterocycles. The number of hydrogen-bond acceptors (Lipinski definition) is 4. The van der Waals surface area contributed by atoms with Crippen LogP contribution in [0.25, 0.3) is 0 Å². The molecule has 0 bridgehead atoms. The molecule has 0 radical (unpaired) electrons. The van der Waals surface area contributed by atoms with Crippen molar-refractivity contribution in [1.29, 1.82) is 0 Å². The zero-order chi connectivity index (χ0) is 8.10. The lowest BCUT2D eigenvalue weighted by Crippen LogP contribution is -2.00. The average molecular weight is 188 g/mol. The molecular formula is C7H12N2S2. The molecule has 2 nitrogen and oxygen atoms in total. The lowest BCUT2D eigenvalue weighted by molar-refractivity contribution is 1.15. The average Bonchev–Trinajstić information content (AvgIpc) is 2.37. The summed E-state index contributed by atoms with van der Waals surface area (Å²) in [5, 5.41) is 1.15. The first-order valence-corrected chi connectivity index (χ1v) is 5.49. The Balaban J connectivity index is 2.27. The fourth-order valence-electron chi connectivity index (χ4n) is 0.728. The largest absolute Gasteiger partial charge is 0.330 e. The number of hydrogen-bond donors (Lipinski definition) is 1. The van der Waals surface area contributed by atoms with Crippen LogP contribution in [-0.2, 0) is 5.75 Å². The summed E-state index contributed by atoms with van der Waals surface area (Å²) in [6.45, 7) is 2.80. The fourth-order valence-corrected chi connectivity index (χ4v) is 2.39. The van der Waals surface area contributed by atoms with Gasteiger partial charge in [0.2, 0.25) is 0 Å². The minimum atomic E-state index is 0.766. The van der Waals surface area contributed by atoms with Crippen molar-refractivity contribution in [1.82, 2.24) is 4.98 Å². The van der Waals surface area contributed by atoms with Gasteiger partial charge in [0.25, 0.3) is 0 Å². The SMILES string of the molecule is Cc1ncc(CSCCN)s1. The van der Waals surface area contributed by atoms with E-state index < -0.39 is 0 Å². The number of aromatic nitrogens is 1. The number of nitrogens with zero attached hydrogens (tertiary/aromatic N) is 1.